The molecule has 2 aromatic rings. The van der Waals surface area contributed by atoms with E-state index in [-0.39, 0.29) is 32.4 Å². The van der Waals surface area contributed by atoms with Crippen molar-refractivity contribution in [2.24, 2.45) is 11.7 Å². The number of nitrogens with two attached hydrogens (primary N) is 1. The van der Waals surface area contributed by atoms with E-state index in [9.17, 15) is 27.6 Å². The van der Waals surface area contributed by atoms with E-state index in [4.69, 9.17) is 22.1 Å². The topological polar surface area (TPSA) is 168 Å². The second kappa shape index (κ2) is 13.9. The molecule has 14 heteroatoms. The quantitative estimate of drug-likeness (QED) is 0.377. The van der Waals surface area contributed by atoms with Crippen LogP contribution in [0.15, 0.2) is 60.7 Å². The standard InChI is InChI=1S/C37H44ClN5O7S/c38-29-14-9-12-25-21-42(23-28(25)29)35(47)50-27-18-31-32(44)40-37(20-26(37)13-7-2-1-3-8-15-30(39)33(45)43(31)22-27)34(46)41-51(48,49)36(16-17-36)19-24-10-5-4-6-11-24/h4-7,9-14,26-27,30-31H,1-3,8,15-23,39H2,(H,40,44)(H,41,46)/b13-7-. The van der Waals surface area contributed by atoms with Gasteiger partial charge in [-0.3, -0.25) is 24.0 Å². The molecule has 2 aromatic carbocycles. The zero-order valence-corrected chi connectivity index (χ0v) is 30.0. The first-order valence-electron chi connectivity index (χ1n) is 17.8. The Labute approximate surface area is 303 Å². The molecule has 1 saturated heterocycles. The largest absolute Gasteiger partial charge is 0.444 e. The van der Waals surface area contributed by atoms with E-state index in [1.165, 1.54) is 9.80 Å². The molecule has 0 spiro atoms. The Bertz CT molecular complexity index is 1850. The minimum absolute atomic E-state index is 0.00569. The lowest BCUT2D eigenvalue weighted by Crippen LogP contribution is -2.58. The van der Waals surface area contributed by atoms with Crippen molar-refractivity contribution in [2.45, 2.75) is 106 Å². The van der Waals surface area contributed by atoms with E-state index in [2.05, 4.69) is 10.0 Å². The fourth-order valence-electron chi connectivity index (χ4n) is 7.76. The Balaban J connectivity index is 1.09. The number of halogens is 1. The molecule has 0 aromatic heterocycles. The van der Waals surface area contributed by atoms with E-state index < -0.39 is 68.2 Å². The van der Waals surface area contributed by atoms with Gasteiger partial charge in [0.1, 0.15) is 17.7 Å². The van der Waals surface area contributed by atoms with Gasteiger partial charge in [-0.2, -0.15) is 0 Å². The number of amides is 4. The van der Waals surface area contributed by atoms with Gasteiger partial charge in [-0.15, -0.1) is 0 Å². The number of hydrogen-bond acceptors (Lipinski definition) is 8. The molecule has 51 heavy (non-hydrogen) atoms. The summed E-state index contributed by atoms with van der Waals surface area (Å²) >= 11 is 6.35. The van der Waals surface area contributed by atoms with Gasteiger partial charge in [0.2, 0.25) is 21.8 Å². The Kier molecular flexibility index (Phi) is 9.66. The molecule has 2 saturated carbocycles. The lowest BCUT2D eigenvalue weighted by Gasteiger charge is -2.28. The molecule has 3 fully saturated rings. The molecule has 12 nitrogen and oxygen atoms in total. The highest BCUT2D eigenvalue weighted by Crippen LogP contribution is 2.49. The van der Waals surface area contributed by atoms with Crippen LogP contribution in [0.4, 0.5) is 4.79 Å². The predicted molar refractivity (Wildman–Crippen MR) is 189 cm³/mol. The Morgan fingerprint density at radius 1 is 1.04 bits per heavy atom. The van der Waals surface area contributed by atoms with Gasteiger partial charge in [-0.25, -0.2) is 13.2 Å². The number of ether oxygens (including phenoxy) is 1. The highest BCUT2D eigenvalue weighted by molar-refractivity contribution is 7.91. The summed E-state index contributed by atoms with van der Waals surface area (Å²) in [5.74, 6) is -2.29. The number of hydrogen-bond donors (Lipinski definition) is 3. The summed E-state index contributed by atoms with van der Waals surface area (Å²) in [6.07, 6.45) is 7.33. The Morgan fingerprint density at radius 2 is 1.82 bits per heavy atom. The first-order chi connectivity index (χ1) is 24.4. The summed E-state index contributed by atoms with van der Waals surface area (Å²) in [5.41, 5.74) is 7.47. The van der Waals surface area contributed by atoms with Crippen molar-refractivity contribution in [2.75, 3.05) is 6.54 Å². The second-order valence-electron chi connectivity index (χ2n) is 14.7. The molecule has 5 atom stereocenters. The van der Waals surface area contributed by atoms with Crippen LogP contribution in [-0.2, 0) is 48.7 Å². The van der Waals surface area contributed by atoms with Gasteiger partial charge in [0.15, 0.2) is 0 Å². The summed E-state index contributed by atoms with van der Waals surface area (Å²) in [5, 5.41) is 3.43. The highest BCUT2D eigenvalue weighted by Gasteiger charge is 2.63. The predicted octanol–water partition coefficient (Wildman–Crippen LogP) is 3.71. The van der Waals surface area contributed by atoms with Crippen molar-refractivity contribution in [3.05, 3.63) is 82.4 Å². The minimum Gasteiger partial charge on any atom is -0.444 e. The molecule has 0 radical (unpaired) electrons. The number of carbonyl (C=O) groups excluding carboxylic acids is 4. The van der Waals surface area contributed by atoms with Crippen LogP contribution in [0.3, 0.4) is 0 Å². The van der Waals surface area contributed by atoms with Gasteiger partial charge in [0.25, 0.3) is 5.91 Å². The minimum atomic E-state index is -4.10. The van der Waals surface area contributed by atoms with Crippen LogP contribution in [-0.4, -0.2) is 77.1 Å². The average Bonchev–Trinajstić information content (AvgIpc) is 3.92. The third kappa shape index (κ3) is 7.12. The molecule has 272 valence electrons. The molecule has 4 N–H and O–H groups in total. The maximum Gasteiger partial charge on any atom is 0.410 e. The third-order valence-corrected chi connectivity index (χ3v) is 13.6. The van der Waals surface area contributed by atoms with Crippen molar-refractivity contribution < 1.29 is 32.3 Å². The first-order valence-corrected chi connectivity index (χ1v) is 19.6. The Hall–Kier alpha value is -3.94. The molecular weight excluding hydrogens is 694 g/mol. The van der Waals surface area contributed by atoms with Crippen molar-refractivity contribution in [1.29, 1.82) is 0 Å². The van der Waals surface area contributed by atoms with E-state index in [1.54, 1.807) is 6.07 Å². The lowest BCUT2D eigenvalue weighted by molar-refractivity contribution is -0.140. The number of rotatable bonds is 6. The van der Waals surface area contributed by atoms with Gasteiger partial charge in [0, 0.05) is 23.9 Å². The Morgan fingerprint density at radius 3 is 2.57 bits per heavy atom. The SMILES string of the molecule is NC1CCCCC/C=C\C2CC2(C(=O)NS(=O)(=O)C2(Cc3ccccc3)CC2)NC(=O)C2CC(OC(=O)N3Cc4cccc(Cl)c4C3)CN2C1=O. The molecule has 5 unspecified atom stereocenters. The fraction of sp³-hybridized carbons (Fsp3) is 0.514. The number of carbonyl (C=O) groups is 4. The normalized spacial score (nSPS) is 29.4. The van der Waals surface area contributed by atoms with Gasteiger partial charge >= 0.3 is 6.09 Å². The number of sulfonamides is 1. The van der Waals surface area contributed by atoms with Crippen molar-refractivity contribution in [3.8, 4) is 0 Å². The van der Waals surface area contributed by atoms with E-state index in [0.29, 0.717) is 30.8 Å². The molecular formula is C37H44ClN5O7S. The van der Waals surface area contributed by atoms with Crippen molar-refractivity contribution in [1.82, 2.24) is 19.8 Å². The summed E-state index contributed by atoms with van der Waals surface area (Å²) in [6, 6.07) is 12.8. The van der Waals surface area contributed by atoms with Crippen LogP contribution in [0.5, 0.6) is 0 Å². The van der Waals surface area contributed by atoms with Crippen LogP contribution in [0.1, 0.15) is 74.5 Å². The van der Waals surface area contributed by atoms with Crippen molar-refractivity contribution >= 4 is 45.4 Å². The van der Waals surface area contributed by atoms with Crippen LogP contribution in [0.25, 0.3) is 0 Å². The molecule has 3 heterocycles. The monoisotopic (exact) mass is 737 g/mol. The van der Waals surface area contributed by atoms with E-state index >= 15 is 0 Å². The lowest BCUT2D eigenvalue weighted by atomic mass is 10.1. The van der Waals surface area contributed by atoms with Crippen LogP contribution >= 0.6 is 11.6 Å². The van der Waals surface area contributed by atoms with Gasteiger partial charge < -0.3 is 20.7 Å². The van der Waals surface area contributed by atoms with Gasteiger partial charge in [0.05, 0.1) is 23.9 Å². The third-order valence-electron chi connectivity index (χ3n) is 11.1. The number of allylic oxidation sites excluding steroid dienone is 1. The molecule has 2 aliphatic carbocycles. The fourth-order valence-corrected chi connectivity index (χ4v) is 9.65. The summed E-state index contributed by atoms with van der Waals surface area (Å²) < 4.78 is 34.6. The molecule has 5 aliphatic rings. The number of nitrogens with one attached hydrogen (secondary N) is 2. The number of benzene rings is 2. The van der Waals surface area contributed by atoms with Crippen LogP contribution < -0.4 is 15.8 Å². The van der Waals surface area contributed by atoms with Gasteiger partial charge in [-0.1, -0.05) is 79.1 Å². The summed E-state index contributed by atoms with van der Waals surface area (Å²) in [4.78, 5) is 58.1. The first kappa shape index (κ1) is 35.5. The highest BCUT2D eigenvalue weighted by atomic mass is 35.5. The summed E-state index contributed by atoms with van der Waals surface area (Å²) in [6.45, 7) is 0.553. The zero-order chi connectivity index (χ0) is 36.0. The van der Waals surface area contributed by atoms with E-state index in [1.807, 2.05) is 54.6 Å². The molecule has 3 aliphatic heterocycles. The maximum absolute atomic E-state index is 14.2. The molecule has 4 amide bonds. The van der Waals surface area contributed by atoms with Crippen LogP contribution in [0.2, 0.25) is 5.02 Å². The van der Waals surface area contributed by atoms with E-state index in [0.717, 1.165) is 42.4 Å². The molecule has 0 bridgehead atoms. The second-order valence-corrected chi connectivity index (χ2v) is 17.2. The van der Waals surface area contributed by atoms with Crippen LogP contribution in [0, 0.1) is 5.92 Å². The van der Waals surface area contributed by atoms with Crippen molar-refractivity contribution in [3.63, 3.8) is 0 Å². The number of nitrogens with zero attached hydrogens (tertiary/aromatic N) is 2. The zero-order valence-electron chi connectivity index (χ0n) is 28.4. The average molecular weight is 738 g/mol. The number of fused-ring (bicyclic) bond motifs is 3. The summed E-state index contributed by atoms with van der Waals surface area (Å²) in [7, 11) is -4.10. The molecule has 7 rings (SSSR count). The smallest absolute Gasteiger partial charge is 0.410 e. The maximum atomic E-state index is 14.2. The van der Waals surface area contributed by atoms with Gasteiger partial charge in [-0.05, 0) is 67.7 Å².